The van der Waals surface area contributed by atoms with Crippen LogP contribution in [-0.2, 0) is 16.4 Å². The quantitative estimate of drug-likeness (QED) is 0.230. The van der Waals surface area contributed by atoms with Crippen molar-refractivity contribution in [2.45, 2.75) is 46.2 Å². The molecule has 208 valence electrons. The molecule has 2 atom stereocenters. The van der Waals surface area contributed by atoms with E-state index in [0.717, 1.165) is 16.5 Å². The Morgan fingerprint density at radius 1 is 1.08 bits per heavy atom. The molecule has 0 spiro atoms. The number of aliphatic hydroxyl groups is 1. The maximum Gasteiger partial charge on any atom is 0.166 e. The van der Waals surface area contributed by atoms with Gasteiger partial charge in [0.25, 0.3) is 0 Å². The first-order valence-corrected chi connectivity index (χ1v) is 15.2. The molecule has 0 fully saturated rings. The average molecular weight is 572 g/mol. The first kappa shape index (κ1) is 28.7. The van der Waals surface area contributed by atoms with Crippen LogP contribution in [0.3, 0.4) is 0 Å². The van der Waals surface area contributed by atoms with Crippen LogP contribution in [0.25, 0.3) is 22.2 Å². The number of rotatable bonds is 11. The third kappa shape index (κ3) is 7.03. The lowest BCUT2D eigenvalue weighted by Gasteiger charge is -2.23. The lowest BCUT2D eigenvalue weighted by Crippen LogP contribution is -2.29. The number of halogens is 1. The smallest absolute Gasteiger partial charge is 0.166 e. The minimum atomic E-state index is -3.07. The van der Waals surface area contributed by atoms with Crippen molar-refractivity contribution in [3.63, 3.8) is 0 Å². The molecule has 0 bridgehead atoms. The standard InChI is InChI=1S/C27H34ClN7O3S/c1-16(2)19-6-7-23(31-18(4)17(3)15-39(5,37)38)21-13-30-25(12-20(19)21)32-24-8-9-29-27(33-24)22-14-35(10-11-36)34-26(22)28/h6-9,12-14,16-18,31,36H,10-11,15H2,1-5H3,(H,29,30,32,33)/t17-,18-/m1/s1. The van der Waals surface area contributed by atoms with Gasteiger partial charge in [-0.05, 0) is 47.9 Å². The summed E-state index contributed by atoms with van der Waals surface area (Å²) in [6.45, 7) is 8.48. The number of hydrogen-bond acceptors (Lipinski definition) is 9. The number of nitrogens with zero attached hydrogens (tertiary/aromatic N) is 5. The number of fused-ring (bicyclic) bond motifs is 1. The summed E-state index contributed by atoms with van der Waals surface area (Å²) in [6, 6.07) is 7.82. The second-order valence-electron chi connectivity index (χ2n) is 10.2. The Morgan fingerprint density at radius 2 is 1.85 bits per heavy atom. The molecule has 4 rings (SSSR count). The van der Waals surface area contributed by atoms with E-state index in [-0.39, 0.29) is 35.4 Å². The van der Waals surface area contributed by atoms with Gasteiger partial charge in [0.05, 0.1) is 24.5 Å². The van der Waals surface area contributed by atoms with Crippen LogP contribution in [0.1, 0.15) is 39.2 Å². The first-order chi connectivity index (χ1) is 18.4. The van der Waals surface area contributed by atoms with Crippen LogP contribution in [0.15, 0.2) is 42.9 Å². The minimum absolute atomic E-state index is 0.0538. The van der Waals surface area contributed by atoms with Gasteiger partial charge in [0, 0.05) is 42.0 Å². The van der Waals surface area contributed by atoms with Crippen molar-refractivity contribution in [3.05, 3.63) is 53.6 Å². The molecule has 0 aliphatic rings. The maximum atomic E-state index is 11.8. The largest absolute Gasteiger partial charge is 0.394 e. The van der Waals surface area contributed by atoms with E-state index in [1.807, 2.05) is 32.2 Å². The molecule has 4 aromatic rings. The molecular formula is C27H34ClN7O3S. The maximum absolute atomic E-state index is 11.8. The number of aromatic nitrogens is 5. The highest BCUT2D eigenvalue weighted by molar-refractivity contribution is 7.90. The van der Waals surface area contributed by atoms with Crippen LogP contribution in [0.5, 0.6) is 0 Å². The fourth-order valence-electron chi connectivity index (χ4n) is 4.42. The Bertz CT molecular complexity index is 1570. The molecule has 12 heteroatoms. The molecule has 3 aromatic heterocycles. The molecule has 0 radical (unpaired) electrons. The van der Waals surface area contributed by atoms with E-state index in [9.17, 15) is 13.5 Å². The van der Waals surface area contributed by atoms with Crippen molar-refractivity contribution < 1.29 is 13.5 Å². The zero-order valence-electron chi connectivity index (χ0n) is 22.7. The highest BCUT2D eigenvalue weighted by Gasteiger charge is 2.19. The van der Waals surface area contributed by atoms with Gasteiger partial charge < -0.3 is 15.7 Å². The SMILES string of the molecule is CC(C)c1ccc(N[C@H](C)[C@H](C)CS(C)(=O)=O)c2cnc(Nc3ccnc(-c4cn(CCO)nc4Cl)n3)cc12. The topological polar surface area (TPSA) is 135 Å². The summed E-state index contributed by atoms with van der Waals surface area (Å²) in [4.78, 5) is 13.6. The Hall–Kier alpha value is -3.28. The van der Waals surface area contributed by atoms with E-state index in [4.69, 9.17) is 11.6 Å². The molecule has 0 unspecified atom stereocenters. The van der Waals surface area contributed by atoms with Gasteiger partial charge in [-0.3, -0.25) is 4.68 Å². The van der Waals surface area contributed by atoms with Gasteiger partial charge in [0.2, 0.25) is 0 Å². The molecule has 3 N–H and O–H groups in total. The molecule has 3 heterocycles. The monoisotopic (exact) mass is 571 g/mol. The molecule has 0 amide bonds. The zero-order chi connectivity index (χ0) is 28.3. The van der Waals surface area contributed by atoms with E-state index in [2.05, 4.69) is 50.6 Å². The fourth-order valence-corrected chi connectivity index (χ4v) is 5.90. The van der Waals surface area contributed by atoms with Crippen LogP contribution in [-0.4, -0.2) is 62.9 Å². The van der Waals surface area contributed by atoms with Gasteiger partial charge in [-0.25, -0.2) is 23.4 Å². The van der Waals surface area contributed by atoms with Gasteiger partial charge in [0.15, 0.2) is 11.0 Å². The average Bonchev–Trinajstić information content (AvgIpc) is 3.23. The summed E-state index contributed by atoms with van der Waals surface area (Å²) in [5.74, 6) is 1.89. The number of hydrogen-bond donors (Lipinski definition) is 3. The summed E-state index contributed by atoms with van der Waals surface area (Å²) in [6.07, 6.45) is 6.41. The Balaban J connectivity index is 1.64. The summed E-state index contributed by atoms with van der Waals surface area (Å²) in [7, 11) is -3.07. The normalized spacial score (nSPS) is 13.5. The van der Waals surface area contributed by atoms with Gasteiger partial charge in [-0.1, -0.05) is 38.4 Å². The van der Waals surface area contributed by atoms with Gasteiger partial charge in [0.1, 0.15) is 21.5 Å². The minimum Gasteiger partial charge on any atom is -0.394 e. The van der Waals surface area contributed by atoms with Crippen molar-refractivity contribution in [2.24, 2.45) is 5.92 Å². The van der Waals surface area contributed by atoms with E-state index in [0.29, 0.717) is 29.6 Å². The van der Waals surface area contributed by atoms with Crippen molar-refractivity contribution in [1.82, 2.24) is 24.7 Å². The number of benzene rings is 1. The van der Waals surface area contributed by atoms with Crippen molar-refractivity contribution >= 4 is 49.5 Å². The summed E-state index contributed by atoms with van der Waals surface area (Å²) in [5, 5.41) is 22.4. The van der Waals surface area contributed by atoms with Crippen molar-refractivity contribution in [3.8, 4) is 11.4 Å². The molecule has 39 heavy (non-hydrogen) atoms. The van der Waals surface area contributed by atoms with Crippen LogP contribution in [0, 0.1) is 5.92 Å². The highest BCUT2D eigenvalue weighted by Crippen LogP contribution is 2.33. The molecule has 0 aliphatic carbocycles. The zero-order valence-corrected chi connectivity index (χ0v) is 24.3. The number of sulfone groups is 1. The summed E-state index contributed by atoms with van der Waals surface area (Å²) >= 11 is 6.28. The predicted octanol–water partition coefficient (Wildman–Crippen LogP) is 4.88. The van der Waals surface area contributed by atoms with Crippen LogP contribution < -0.4 is 10.6 Å². The van der Waals surface area contributed by atoms with Crippen molar-refractivity contribution in [2.75, 3.05) is 29.2 Å². The Labute approximate surface area is 233 Å². The molecule has 10 nitrogen and oxygen atoms in total. The molecule has 1 aromatic carbocycles. The lowest BCUT2D eigenvalue weighted by atomic mass is 9.95. The first-order valence-electron chi connectivity index (χ1n) is 12.8. The third-order valence-corrected chi connectivity index (χ3v) is 7.97. The number of aliphatic hydroxyl groups excluding tert-OH is 1. The Kier molecular flexibility index (Phi) is 8.73. The molecular weight excluding hydrogens is 538 g/mol. The van der Waals surface area contributed by atoms with Crippen LogP contribution >= 0.6 is 11.6 Å². The molecule has 0 aliphatic heterocycles. The molecule has 0 saturated heterocycles. The van der Waals surface area contributed by atoms with Crippen LogP contribution in [0.4, 0.5) is 17.3 Å². The number of anilines is 3. The van der Waals surface area contributed by atoms with E-state index < -0.39 is 9.84 Å². The second kappa shape index (κ2) is 11.8. The van der Waals surface area contributed by atoms with E-state index >= 15 is 0 Å². The van der Waals surface area contributed by atoms with Gasteiger partial charge in [-0.2, -0.15) is 5.10 Å². The van der Waals surface area contributed by atoms with Gasteiger partial charge in [-0.15, -0.1) is 0 Å². The van der Waals surface area contributed by atoms with E-state index in [1.54, 1.807) is 23.1 Å². The van der Waals surface area contributed by atoms with E-state index in [1.165, 1.54) is 11.8 Å². The number of pyridine rings is 1. The summed E-state index contributed by atoms with van der Waals surface area (Å²) < 4.78 is 25.1. The molecule has 0 saturated carbocycles. The lowest BCUT2D eigenvalue weighted by molar-refractivity contribution is 0.269. The fraction of sp³-hybridized carbons (Fsp3) is 0.407. The van der Waals surface area contributed by atoms with Gasteiger partial charge >= 0.3 is 0 Å². The Morgan fingerprint density at radius 3 is 2.54 bits per heavy atom. The predicted molar refractivity (Wildman–Crippen MR) is 156 cm³/mol. The van der Waals surface area contributed by atoms with Crippen LogP contribution in [0.2, 0.25) is 5.15 Å². The third-order valence-electron chi connectivity index (χ3n) is 6.56. The number of nitrogens with one attached hydrogen (secondary N) is 2. The highest BCUT2D eigenvalue weighted by atomic mass is 35.5. The summed E-state index contributed by atoms with van der Waals surface area (Å²) in [5.41, 5.74) is 2.64. The second-order valence-corrected chi connectivity index (χ2v) is 12.7. The van der Waals surface area contributed by atoms with Crippen molar-refractivity contribution in [1.29, 1.82) is 0 Å².